The summed E-state index contributed by atoms with van der Waals surface area (Å²) in [4.78, 5) is 22.9. The lowest BCUT2D eigenvalue weighted by Gasteiger charge is -2.12. The molecule has 1 rings (SSSR count). The van der Waals surface area contributed by atoms with Gasteiger partial charge in [-0.25, -0.2) is 9.89 Å². The zero-order valence-corrected chi connectivity index (χ0v) is 11.2. The molecule has 7 heteroatoms. The van der Waals surface area contributed by atoms with E-state index in [9.17, 15) is 9.59 Å². The third-order valence-electron chi connectivity index (χ3n) is 2.09. The van der Waals surface area contributed by atoms with E-state index < -0.39 is 0 Å². The standard InChI is InChI=1S/C10H17N3O3S/c1-5-16-8(14)7(4)17-10-12-11-9(15)13(10)6(2)3/h6-7H,5H2,1-4H3,(H,11,15). The van der Waals surface area contributed by atoms with Gasteiger partial charge in [-0.05, 0) is 27.7 Å². The van der Waals surface area contributed by atoms with Crippen LogP contribution >= 0.6 is 11.8 Å². The molecule has 0 saturated carbocycles. The number of aromatic amines is 1. The molecule has 17 heavy (non-hydrogen) atoms. The molecular weight excluding hydrogens is 242 g/mol. The van der Waals surface area contributed by atoms with Crippen LogP contribution in [0.4, 0.5) is 0 Å². The molecule has 1 aromatic rings. The minimum Gasteiger partial charge on any atom is -0.465 e. The smallest absolute Gasteiger partial charge is 0.344 e. The Morgan fingerprint density at radius 2 is 2.18 bits per heavy atom. The third-order valence-corrected chi connectivity index (χ3v) is 3.13. The minimum atomic E-state index is -0.386. The highest BCUT2D eigenvalue weighted by molar-refractivity contribution is 8.00. The highest BCUT2D eigenvalue weighted by Crippen LogP contribution is 2.22. The van der Waals surface area contributed by atoms with Gasteiger partial charge in [0.1, 0.15) is 5.25 Å². The molecule has 1 N–H and O–H groups in total. The Labute approximate surface area is 104 Å². The predicted molar refractivity (Wildman–Crippen MR) is 65.2 cm³/mol. The first-order chi connectivity index (χ1) is 7.97. The molecule has 0 aromatic carbocycles. The van der Waals surface area contributed by atoms with E-state index in [1.165, 1.54) is 16.3 Å². The predicted octanol–water partition coefficient (Wildman–Crippen LogP) is 1.20. The third kappa shape index (κ3) is 3.36. The summed E-state index contributed by atoms with van der Waals surface area (Å²) in [7, 11) is 0. The summed E-state index contributed by atoms with van der Waals surface area (Å²) in [6.45, 7) is 7.60. The van der Waals surface area contributed by atoms with E-state index in [1.54, 1.807) is 13.8 Å². The molecule has 0 spiro atoms. The number of hydrogen-bond donors (Lipinski definition) is 1. The van der Waals surface area contributed by atoms with Crippen LogP contribution in [0.1, 0.15) is 33.7 Å². The summed E-state index contributed by atoms with van der Waals surface area (Å²) in [6.07, 6.45) is 0. The Kier molecular flexibility index (Phi) is 4.80. The molecule has 0 fully saturated rings. The molecule has 0 aliphatic carbocycles. The van der Waals surface area contributed by atoms with Crippen molar-refractivity contribution < 1.29 is 9.53 Å². The van der Waals surface area contributed by atoms with Crippen molar-refractivity contribution in [2.75, 3.05) is 6.61 Å². The molecular formula is C10H17N3O3S. The number of esters is 1. The van der Waals surface area contributed by atoms with Gasteiger partial charge in [0, 0.05) is 6.04 Å². The number of aromatic nitrogens is 3. The lowest BCUT2D eigenvalue weighted by molar-refractivity contribution is -0.142. The van der Waals surface area contributed by atoms with E-state index in [2.05, 4.69) is 10.2 Å². The largest absolute Gasteiger partial charge is 0.465 e. The van der Waals surface area contributed by atoms with Gasteiger partial charge in [0.15, 0.2) is 5.16 Å². The van der Waals surface area contributed by atoms with E-state index in [4.69, 9.17) is 4.74 Å². The Bertz CT molecular complexity index is 438. The summed E-state index contributed by atoms with van der Waals surface area (Å²) in [6, 6.07) is -0.00172. The van der Waals surface area contributed by atoms with Gasteiger partial charge in [-0.1, -0.05) is 11.8 Å². The lowest BCUT2D eigenvalue weighted by Crippen LogP contribution is -2.21. The number of thioether (sulfide) groups is 1. The van der Waals surface area contributed by atoms with Gasteiger partial charge >= 0.3 is 11.7 Å². The van der Waals surface area contributed by atoms with Crippen molar-refractivity contribution in [2.45, 2.75) is 44.1 Å². The average Bonchev–Trinajstić information content (AvgIpc) is 2.60. The van der Waals surface area contributed by atoms with E-state index in [0.717, 1.165) is 0 Å². The number of ether oxygens (including phenoxy) is 1. The van der Waals surface area contributed by atoms with Crippen molar-refractivity contribution >= 4 is 17.7 Å². The highest BCUT2D eigenvalue weighted by Gasteiger charge is 2.20. The van der Waals surface area contributed by atoms with E-state index in [-0.39, 0.29) is 23.0 Å². The molecule has 1 atom stereocenters. The molecule has 1 heterocycles. The maximum Gasteiger partial charge on any atom is 0.344 e. The van der Waals surface area contributed by atoms with Gasteiger partial charge in [0.2, 0.25) is 0 Å². The number of hydrogen-bond acceptors (Lipinski definition) is 5. The van der Waals surface area contributed by atoms with Crippen LogP contribution in [0.2, 0.25) is 0 Å². The van der Waals surface area contributed by atoms with Crippen LogP contribution in [0.25, 0.3) is 0 Å². The summed E-state index contributed by atoms with van der Waals surface area (Å²) >= 11 is 1.21. The van der Waals surface area contributed by atoms with Crippen LogP contribution in [0.3, 0.4) is 0 Å². The van der Waals surface area contributed by atoms with Crippen molar-refractivity contribution in [3.63, 3.8) is 0 Å². The van der Waals surface area contributed by atoms with Crippen LogP contribution in [-0.2, 0) is 9.53 Å². The summed E-state index contributed by atoms with van der Waals surface area (Å²) in [5, 5.41) is 6.40. The molecule has 0 aliphatic heterocycles. The first-order valence-electron chi connectivity index (χ1n) is 5.47. The quantitative estimate of drug-likeness (QED) is 0.635. The number of H-pyrrole nitrogens is 1. The van der Waals surface area contributed by atoms with Gasteiger partial charge in [-0.2, -0.15) is 0 Å². The summed E-state index contributed by atoms with van der Waals surface area (Å²) < 4.78 is 6.41. The fourth-order valence-electron chi connectivity index (χ4n) is 1.29. The van der Waals surface area contributed by atoms with Crippen molar-refractivity contribution in [2.24, 2.45) is 0 Å². The van der Waals surface area contributed by atoms with Gasteiger partial charge < -0.3 is 4.74 Å². The Morgan fingerprint density at radius 3 is 2.71 bits per heavy atom. The molecule has 1 unspecified atom stereocenters. The Balaban J connectivity index is 2.82. The number of rotatable bonds is 5. The van der Waals surface area contributed by atoms with Crippen LogP contribution in [0.15, 0.2) is 9.95 Å². The molecule has 1 aromatic heterocycles. The molecule has 0 radical (unpaired) electrons. The zero-order valence-electron chi connectivity index (χ0n) is 10.4. The maximum absolute atomic E-state index is 11.5. The average molecular weight is 259 g/mol. The maximum atomic E-state index is 11.5. The van der Waals surface area contributed by atoms with E-state index in [1.807, 2.05) is 13.8 Å². The van der Waals surface area contributed by atoms with Gasteiger partial charge in [-0.3, -0.25) is 9.36 Å². The number of carbonyl (C=O) groups is 1. The van der Waals surface area contributed by atoms with Crippen molar-refractivity contribution in [3.8, 4) is 0 Å². The summed E-state index contributed by atoms with van der Waals surface area (Å²) in [5.41, 5.74) is -0.265. The normalized spacial score (nSPS) is 12.8. The first-order valence-corrected chi connectivity index (χ1v) is 6.35. The van der Waals surface area contributed by atoms with Gasteiger partial charge in [0.05, 0.1) is 6.61 Å². The first kappa shape index (κ1) is 13.8. The number of nitrogens with zero attached hydrogens (tertiary/aromatic N) is 2. The zero-order chi connectivity index (χ0) is 13.0. The number of nitrogens with one attached hydrogen (secondary N) is 1. The second kappa shape index (κ2) is 5.90. The van der Waals surface area contributed by atoms with E-state index >= 15 is 0 Å². The molecule has 96 valence electrons. The van der Waals surface area contributed by atoms with Crippen LogP contribution < -0.4 is 5.69 Å². The lowest BCUT2D eigenvalue weighted by atomic mass is 10.4. The van der Waals surface area contributed by atoms with Crippen molar-refractivity contribution in [1.82, 2.24) is 14.8 Å². The monoisotopic (exact) mass is 259 g/mol. The van der Waals surface area contributed by atoms with Crippen LogP contribution in [0, 0.1) is 0 Å². The van der Waals surface area contributed by atoms with E-state index in [0.29, 0.717) is 11.8 Å². The van der Waals surface area contributed by atoms with Gasteiger partial charge in [-0.15, -0.1) is 5.10 Å². The van der Waals surface area contributed by atoms with Crippen molar-refractivity contribution in [1.29, 1.82) is 0 Å². The molecule has 6 nitrogen and oxygen atoms in total. The topological polar surface area (TPSA) is 77.0 Å². The Hall–Kier alpha value is -1.24. The molecule has 0 amide bonds. The fraction of sp³-hybridized carbons (Fsp3) is 0.700. The van der Waals surface area contributed by atoms with Crippen LogP contribution in [0.5, 0.6) is 0 Å². The molecule has 0 aliphatic rings. The molecule has 0 saturated heterocycles. The molecule has 0 bridgehead atoms. The van der Waals surface area contributed by atoms with Crippen molar-refractivity contribution in [3.05, 3.63) is 10.5 Å². The number of carbonyl (C=O) groups excluding carboxylic acids is 1. The second-order valence-electron chi connectivity index (χ2n) is 3.79. The summed E-state index contributed by atoms with van der Waals surface area (Å²) in [5.74, 6) is -0.303. The second-order valence-corrected chi connectivity index (χ2v) is 5.10. The van der Waals surface area contributed by atoms with Crippen LogP contribution in [-0.4, -0.2) is 32.6 Å². The van der Waals surface area contributed by atoms with Gasteiger partial charge in [0.25, 0.3) is 0 Å². The highest BCUT2D eigenvalue weighted by atomic mass is 32.2. The minimum absolute atomic E-state index is 0.00172. The Morgan fingerprint density at radius 1 is 1.53 bits per heavy atom. The fourth-order valence-corrected chi connectivity index (χ4v) is 2.28. The SMILES string of the molecule is CCOC(=O)C(C)Sc1n[nH]c(=O)n1C(C)C.